The second kappa shape index (κ2) is 6.20. The number of hydrogen-bond donors (Lipinski definition) is 1. The van der Waals surface area contributed by atoms with Gasteiger partial charge in [-0.3, -0.25) is 14.8 Å². The van der Waals surface area contributed by atoms with Crippen LogP contribution in [0.2, 0.25) is 0 Å². The summed E-state index contributed by atoms with van der Waals surface area (Å²) in [7, 11) is 0. The van der Waals surface area contributed by atoms with Crippen LogP contribution in [0.25, 0.3) is 0 Å². The zero-order chi connectivity index (χ0) is 18.0. The van der Waals surface area contributed by atoms with Gasteiger partial charge in [-0.15, -0.1) is 0 Å². The highest BCUT2D eigenvalue weighted by Gasteiger charge is 2.47. The number of aromatic amines is 1. The van der Waals surface area contributed by atoms with Gasteiger partial charge in [0.1, 0.15) is 0 Å². The van der Waals surface area contributed by atoms with Gasteiger partial charge < -0.3 is 4.90 Å². The molecular formula is C22H30N4O. The van der Waals surface area contributed by atoms with Crippen molar-refractivity contribution in [1.82, 2.24) is 20.0 Å². The van der Waals surface area contributed by atoms with Gasteiger partial charge in [0.15, 0.2) is 5.69 Å². The third-order valence-corrected chi connectivity index (χ3v) is 7.93. The number of nitrogens with zero attached hydrogens (tertiary/aromatic N) is 3. The fraction of sp³-hybridized carbons (Fsp3) is 0.727. The van der Waals surface area contributed by atoms with Crippen LogP contribution in [0.15, 0.2) is 11.6 Å². The number of aryl methyl sites for hydroxylation is 1. The molecule has 3 fully saturated rings. The molecular weight excluding hydrogens is 336 g/mol. The minimum absolute atomic E-state index is 0.184. The average Bonchev–Trinajstić information content (AvgIpc) is 3.31. The summed E-state index contributed by atoms with van der Waals surface area (Å²) < 4.78 is 0. The molecule has 6 rings (SSSR count). The standard InChI is InChI=1S/C22H30N4O/c27-22(20-17-6-3-7-18(17)23-24-20)26-10-4-5-14-11-15-12-16(21(14)26)13-25-9-2-1-8-19(15)25/h11,15-16,19,21H,1-10,12-13H2,(H,23,24)/t15?,16?,19-,21-/m1/s1. The van der Waals surface area contributed by atoms with Gasteiger partial charge in [-0.05, 0) is 69.7 Å². The first-order valence-electron chi connectivity index (χ1n) is 11.1. The first-order valence-corrected chi connectivity index (χ1v) is 11.1. The van der Waals surface area contributed by atoms with E-state index in [9.17, 15) is 4.79 Å². The quantitative estimate of drug-likeness (QED) is 0.778. The number of carbonyl (C=O) groups is 1. The maximum Gasteiger partial charge on any atom is 0.275 e. The van der Waals surface area contributed by atoms with Gasteiger partial charge in [0.05, 0.1) is 6.04 Å². The summed E-state index contributed by atoms with van der Waals surface area (Å²) in [6.45, 7) is 3.34. The van der Waals surface area contributed by atoms with E-state index in [1.807, 2.05) is 0 Å². The molecule has 2 bridgehead atoms. The monoisotopic (exact) mass is 366 g/mol. The Hall–Kier alpha value is -1.62. The number of likely N-dealkylation sites (tertiary alicyclic amines) is 1. The van der Waals surface area contributed by atoms with Gasteiger partial charge in [0, 0.05) is 30.4 Å². The number of amides is 1. The molecule has 3 saturated heterocycles. The van der Waals surface area contributed by atoms with Crippen LogP contribution in [-0.2, 0) is 12.8 Å². The fourth-order valence-electron chi connectivity index (χ4n) is 6.83. The number of piperidine rings is 3. The minimum Gasteiger partial charge on any atom is -0.330 e. The van der Waals surface area contributed by atoms with E-state index in [0.29, 0.717) is 12.0 Å². The Morgan fingerprint density at radius 2 is 2.07 bits per heavy atom. The molecule has 3 aliphatic heterocycles. The highest BCUT2D eigenvalue weighted by atomic mass is 16.2. The molecule has 4 atom stereocenters. The maximum atomic E-state index is 13.5. The van der Waals surface area contributed by atoms with E-state index in [-0.39, 0.29) is 5.91 Å². The number of fused-ring (bicyclic) bond motifs is 7. The lowest BCUT2D eigenvalue weighted by Crippen LogP contribution is -2.60. The summed E-state index contributed by atoms with van der Waals surface area (Å²) in [6, 6.07) is 1.09. The van der Waals surface area contributed by atoms with Crippen LogP contribution in [0.3, 0.4) is 0 Å². The molecule has 1 aromatic heterocycles. The highest BCUT2D eigenvalue weighted by Crippen LogP contribution is 2.45. The van der Waals surface area contributed by atoms with Crippen molar-refractivity contribution >= 4 is 5.91 Å². The first-order chi connectivity index (χ1) is 13.3. The summed E-state index contributed by atoms with van der Waals surface area (Å²) >= 11 is 0. The third kappa shape index (κ3) is 2.47. The zero-order valence-corrected chi connectivity index (χ0v) is 16.1. The van der Waals surface area contributed by atoms with Gasteiger partial charge >= 0.3 is 0 Å². The molecule has 0 aromatic carbocycles. The molecule has 2 aliphatic carbocycles. The van der Waals surface area contributed by atoms with E-state index in [1.54, 1.807) is 5.57 Å². The molecule has 5 nitrogen and oxygen atoms in total. The summed E-state index contributed by atoms with van der Waals surface area (Å²) in [6.07, 6.45) is 13.5. The van der Waals surface area contributed by atoms with E-state index in [1.165, 1.54) is 56.5 Å². The molecule has 27 heavy (non-hydrogen) atoms. The fourth-order valence-corrected chi connectivity index (χ4v) is 6.83. The number of H-pyrrole nitrogens is 1. The Labute approximate surface area is 161 Å². The van der Waals surface area contributed by atoms with Crippen molar-refractivity contribution in [2.24, 2.45) is 11.8 Å². The number of nitrogens with one attached hydrogen (secondary N) is 1. The summed E-state index contributed by atoms with van der Waals surface area (Å²) in [5.74, 6) is 1.52. The largest absolute Gasteiger partial charge is 0.330 e. The topological polar surface area (TPSA) is 52.2 Å². The Morgan fingerprint density at radius 3 is 3.04 bits per heavy atom. The first kappa shape index (κ1) is 16.3. The van der Waals surface area contributed by atoms with E-state index in [4.69, 9.17) is 0 Å². The van der Waals surface area contributed by atoms with Crippen molar-refractivity contribution in [3.8, 4) is 0 Å². The van der Waals surface area contributed by atoms with E-state index in [0.717, 1.165) is 49.9 Å². The Kier molecular flexibility index (Phi) is 3.75. The van der Waals surface area contributed by atoms with Gasteiger partial charge in [0.25, 0.3) is 5.91 Å². The Morgan fingerprint density at radius 1 is 1.11 bits per heavy atom. The smallest absolute Gasteiger partial charge is 0.275 e. The average molecular weight is 367 g/mol. The van der Waals surface area contributed by atoms with E-state index >= 15 is 0 Å². The number of rotatable bonds is 1. The SMILES string of the molecule is O=C(c1n[nH]c2c1CCC2)N1CCCC2=CC3CC(CN4CCCC[C@H]34)[C@@H]21. The lowest BCUT2D eigenvalue weighted by atomic mass is 9.68. The normalized spacial score (nSPS) is 35.3. The summed E-state index contributed by atoms with van der Waals surface area (Å²) in [5, 5.41) is 7.59. The number of carbonyl (C=O) groups excluding carboxylic acids is 1. The van der Waals surface area contributed by atoms with Gasteiger partial charge in [-0.25, -0.2) is 0 Å². The van der Waals surface area contributed by atoms with Crippen LogP contribution in [0.1, 0.15) is 66.7 Å². The Bertz CT molecular complexity index is 796. The summed E-state index contributed by atoms with van der Waals surface area (Å²) in [4.78, 5) is 18.5. The summed E-state index contributed by atoms with van der Waals surface area (Å²) in [5.41, 5.74) is 4.68. The minimum atomic E-state index is 0.184. The molecule has 4 heterocycles. The van der Waals surface area contributed by atoms with Crippen LogP contribution in [0.4, 0.5) is 0 Å². The zero-order valence-electron chi connectivity index (χ0n) is 16.1. The van der Waals surface area contributed by atoms with Crippen molar-refractivity contribution in [3.63, 3.8) is 0 Å². The molecule has 5 heteroatoms. The van der Waals surface area contributed by atoms with Crippen LogP contribution in [0, 0.1) is 11.8 Å². The molecule has 1 aromatic rings. The molecule has 2 unspecified atom stereocenters. The third-order valence-electron chi connectivity index (χ3n) is 7.93. The second-order valence-corrected chi connectivity index (χ2v) is 9.39. The van der Waals surface area contributed by atoms with Crippen molar-refractivity contribution < 1.29 is 4.79 Å². The molecule has 0 saturated carbocycles. The van der Waals surface area contributed by atoms with Crippen molar-refractivity contribution in [3.05, 3.63) is 28.6 Å². The second-order valence-electron chi connectivity index (χ2n) is 9.39. The van der Waals surface area contributed by atoms with Crippen LogP contribution in [-0.4, -0.2) is 57.6 Å². The number of hydrogen-bond acceptors (Lipinski definition) is 3. The maximum absolute atomic E-state index is 13.5. The lowest BCUT2D eigenvalue weighted by Gasteiger charge is -2.54. The molecule has 144 valence electrons. The molecule has 1 N–H and O–H groups in total. The molecule has 1 amide bonds. The van der Waals surface area contributed by atoms with Crippen molar-refractivity contribution in [2.45, 2.75) is 69.9 Å². The highest BCUT2D eigenvalue weighted by molar-refractivity contribution is 5.94. The molecule has 0 spiro atoms. The van der Waals surface area contributed by atoms with Gasteiger partial charge in [-0.1, -0.05) is 18.1 Å². The van der Waals surface area contributed by atoms with Crippen LogP contribution < -0.4 is 0 Å². The van der Waals surface area contributed by atoms with Gasteiger partial charge in [0.2, 0.25) is 0 Å². The van der Waals surface area contributed by atoms with Crippen LogP contribution in [0.5, 0.6) is 0 Å². The van der Waals surface area contributed by atoms with Crippen molar-refractivity contribution in [1.29, 1.82) is 0 Å². The van der Waals surface area contributed by atoms with E-state index in [2.05, 4.69) is 26.1 Å². The predicted molar refractivity (Wildman–Crippen MR) is 104 cm³/mol. The lowest BCUT2D eigenvalue weighted by molar-refractivity contribution is 0.00128. The van der Waals surface area contributed by atoms with E-state index < -0.39 is 0 Å². The van der Waals surface area contributed by atoms with Crippen molar-refractivity contribution in [2.75, 3.05) is 19.6 Å². The molecule has 5 aliphatic rings. The predicted octanol–water partition coefficient (Wildman–Crippen LogP) is 2.93. The van der Waals surface area contributed by atoms with Crippen LogP contribution >= 0.6 is 0 Å². The number of aromatic nitrogens is 2. The molecule has 0 radical (unpaired) electrons. The Balaban J connectivity index is 1.33. The van der Waals surface area contributed by atoms with Gasteiger partial charge in [-0.2, -0.15) is 5.10 Å².